The average Bonchev–Trinajstić information content (AvgIpc) is 3.21. The molecule has 6 nitrogen and oxygen atoms in total. The molecule has 182 valence electrons. The first-order valence-corrected chi connectivity index (χ1v) is 11.9. The zero-order valence-electron chi connectivity index (χ0n) is 20.6. The third-order valence-electron chi connectivity index (χ3n) is 6.82. The molecule has 3 aromatic rings. The number of methoxy groups -OCH3 is 1. The van der Waals surface area contributed by atoms with Crippen molar-refractivity contribution in [3.8, 4) is 11.4 Å². The summed E-state index contributed by atoms with van der Waals surface area (Å²) < 4.78 is 21.0. The van der Waals surface area contributed by atoms with E-state index in [-0.39, 0.29) is 18.0 Å². The molecule has 1 N–H and O–H groups in total. The molecule has 2 heterocycles. The topological polar surface area (TPSA) is 53.8 Å². The summed E-state index contributed by atoms with van der Waals surface area (Å²) in [5.41, 5.74) is 5.13. The summed E-state index contributed by atoms with van der Waals surface area (Å²) in [6, 6.07) is 14.7. The molecule has 0 radical (unpaired) electrons. The summed E-state index contributed by atoms with van der Waals surface area (Å²) in [5.74, 6) is 0.576. The third kappa shape index (κ3) is 5.02. The SMILES string of the molecule is CCN(Cc1nn(-c2ccccc2OC)c2c1CN(Cc1ccc(F)cc1)CC2)C(C)(C)CO. The highest BCUT2D eigenvalue weighted by Gasteiger charge is 2.30. The number of aromatic nitrogens is 2. The van der Waals surface area contributed by atoms with Crippen molar-refractivity contribution >= 4 is 0 Å². The monoisotopic (exact) mass is 466 g/mol. The number of para-hydroxylation sites is 2. The van der Waals surface area contributed by atoms with Gasteiger partial charge in [0.1, 0.15) is 17.3 Å². The van der Waals surface area contributed by atoms with Gasteiger partial charge in [-0.05, 0) is 50.2 Å². The minimum absolute atomic E-state index is 0.0763. The van der Waals surface area contributed by atoms with Crippen LogP contribution in [0.5, 0.6) is 5.75 Å². The molecular formula is C27H35FN4O2. The zero-order valence-corrected chi connectivity index (χ0v) is 20.6. The maximum Gasteiger partial charge on any atom is 0.144 e. The van der Waals surface area contributed by atoms with Gasteiger partial charge < -0.3 is 9.84 Å². The molecule has 34 heavy (non-hydrogen) atoms. The number of ether oxygens (including phenoxy) is 1. The van der Waals surface area contributed by atoms with Gasteiger partial charge in [0.2, 0.25) is 0 Å². The molecule has 0 fully saturated rings. The Kier molecular flexibility index (Phi) is 7.36. The van der Waals surface area contributed by atoms with Crippen molar-refractivity contribution in [3.63, 3.8) is 0 Å². The molecule has 0 amide bonds. The lowest BCUT2D eigenvalue weighted by atomic mass is 10.0. The minimum atomic E-state index is -0.349. The van der Waals surface area contributed by atoms with Gasteiger partial charge in [0.05, 0.1) is 25.1 Å². The lowest BCUT2D eigenvalue weighted by Gasteiger charge is -2.36. The van der Waals surface area contributed by atoms with Crippen LogP contribution in [-0.2, 0) is 26.1 Å². The largest absolute Gasteiger partial charge is 0.494 e. The van der Waals surface area contributed by atoms with E-state index in [1.54, 1.807) is 7.11 Å². The van der Waals surface area contributed by atoms with Crippen LogP contribution in [0.3, 0.4) is 0 Å². The number of aliphatic hydroxyl groups excluding tert-OH is 1. The molecule has 0 atom stereocenters. The number of rotatable bonds is 9. The second-order valence-corrected chi connectivity index (χ2v) is 9.53. The molecular weight excluding hydrogens is 431 g/mol. The van der Waals surface area contributed by atoms with Gasteiger partial charge in [0.25, 0.3) is 0 Å². The Labute approximate surface area is 201 Å². The van der Waals surface area contributed by atoms with Crippen molar-refractivity contribution in [3.05, 3.63) is 76.9 Å². The van der Waals surface area contributed by atoms with Crippen LogP contribution in [0.25, 0.3) is 5.69 Å². The fraction of sp³-hybridized carbons (Fsp3) is 0.444. The normalized spacial score (nSPS) is 14.4. The second-order valence-electron chi connectivity index (χ2n) is 9.53. The zero-order chi connectivity index (χ0) is 24.3. The Bertz CT molecular complexity index is 1110. The standard InChI is InChI=1S/C27H35FN4O2/c1-5-31(27(2,3)19-33)18-23-22-17-30(16-20-10-12-21(28)13-11-20)15-14-24(22)32(29-23)25-8-6-7-9-26(25)34-4/h6-13,33H,5,14-19H2,1-4H3. The highest BCUT2D eigenvalue weighted by atomic mass is 19.1. The van der Waals surface area contributed by atoms with Crippen LogP contribution >= 0.6 is 0 Å². The predicted molar refractivity (Wildman–Crippen MR) is 132 cm³/mol. The Morgan fingerprint density at radius 3 is 2.56 bits per heavy atom. The van der Waals surface area contributed by atoms with Gasteiger partial charge in [-0.2, -0.15) is 5.10 Å². The maximum atomic E-state index is 13.4. The second kappa shape index (κ2) is 10.3. The van der Waals surface area contributed by atoms with Crippen LogP contribution < -0.4 is 4.74 Å². The van der Waals surface area contributed by atoms with Crippen LogP contribution in [0.15, 0.2) is 48.5 Å². The molecule has 0 saturated heterocycles. The van der Waals surface area contributed by atoms with E-state index in [0.29, 0.717) is 6.54 Å². The Balaban J connectivity index is 1.71. The number of benzene rings is 2. The van der Waals surface area contributed by atoms with E-state index in [4.69, 9.17) is 9.84 Å². The molecule has 0 aliphatic carbocycles. The fourth-order valence-corrected chi connectivity index (χ4v) is 4.69. The lowest BCUT2D eigenvalue weighted by Crippen LogP contribution is -2.46. The minimum Gasteiger partial charge on any atom is -0.494 e. The Morgan fingerprint density at radius 2 is 1.88 bits per heavy atom. The number of likely N-dealkylation sites (N-methyl/N-ethyl adjacent to an activating group) is 1. The van der Waals surface area contributed by atoms with E-state index in [1.807, 2.05) is 41.1 Å². The van der Waals surface area contributed by atoms with E-state index in [9.17, 15) is 9.50 Å². The van der Waals surface area contributed by atoms with Crippen molar-refractivity contribution in [2.75, 3.05) is 26.8 Å². The van der Waals surface area contributed by atoms with Crippen LogP contribution in [0.4, 0.5) is 4.39 Å². The summed E-state index contributed by atoms with van der Waals surface area (Å²) in [7, 11) is 1.68. The van der Waals surface area contributed by atoms with Crippen molar-refractivity contribution in [2.45, 2.75) is 52.4 Å². The number of nitrogens with zero attached hydrogens (tertiary/aromatic N) is 4. The number of aliphatic hydroxyl groups is 1. The molecule has 4 rings (SSSR count). The fourth-order valence-electron chi connectivity index (χ4n) is 4.69. The van der Waals surface area contributed by atoms with Crippen molar-refractivity contribution in [1.29, 1.82) is 0 Å². The predicted octanol–water partition coefficient (Wildman–Crippen LogP) is 4.17. The first-order chi connectivity index (χ1) is 16.4. The van der Waals surface area contributed by atoms with Crippen LogP contribution in [-0.4, -0.2) is 57.0 Å². The number of hydrogen-bond acceptors (Lipinski definition) is 5. The van der Waals surface area contributed by atoms with Gasteiger partial charge in [-0.1, -0.05) is 31.2 Å². The highest BCUT2D eigenvalue weighted by Crippen LogP contribution is 2.31. The third-order valence-corrected chi connectivity index (χ3v) is 6.82. The van der Waals surface area contributed by atoms with E-state index >= 15 is 0 Å². The molecule has 2 aromatic carbocycles. The summed E-state index contributed by atoms with van der Waals surface area (Å²) in [6.07, 6.45) is 0.858. The summed E-state index contributed by atoms with van der Waals surface area (Å²) in [6.45, 7) is 10.2. The number of fused-ring (bicyclic) bond motifs is 1. The van der Waals surface area contributed by atoms with Gasteiger partial charge in [-0.15, -0.1) is 0 Å². The molecule has 0 unspecified atom stereocenters. The molecule has 0 bridgehead atoms. The Hall–Kier alpha value is -2.74. The molecule has 1 aliphatic rings. The summed E-state index contributed by atoms with van der Waals surface area (Å²) >= 11 is 0. The first kappa shape index (κ1) is 24.4. The van der Waals surface area contributed by atoms with Crippen molar-refractivity contribution in [2.24, 2.45) is 0 Å². The first-order valence-electron chi connectivity index (χ1n) is 11.9. The van der Waals surface area contributed by atoms with Gasteiger partial charge in [0.15, 0.2) is 0 Å². The quantitative estimate of drug-likeness (QED) is 0.513. The summed E-state index contributed by atoms with van der Waals surface area (Å²) in [5, 5.41) is 15.1. The number of hydrogen-bond donors (Lipinski definition) is 1. The van der Waals surface area contributed by atoms with Crippen LogP contribution in [0.2, 0.25) is 0 Å². The van der Waals surface area contributed by atoms with E-state index in [0.717, 1.165) is 55.3 Å². The highest BCUT2D eigenvalue weighted by molar-refractivity contribution is 5.49. The molecule has 0 saturated carbocycles. The number of halogens is 1. The van der Waals surface area contributed by atoms with Gasteiger partial charge >= 0.3 is 0 Å². The molecule has 1 aliphatic heterocycles. The van der Waals surface area contributed by atoms with Gasteiger partial charge in [0, 0.05) is 43.7 Å². The van der Waals surface area contributed by atoms with Crippen LogP contribution in [0, 0.1) is 5.82 Å². The average molecular weight is 467 g/mol. The van der Waals surface area contributed by atoms with E-state index < -0.39 is 0 Å². The van der Waals surface area contributed by atoms with E-state index in [1.165, 1.54) is 23.4 Å². The van der Waals surface area contributed by atoms with Crippen molar-refractivity contribution < 1.29 is 14.2 Å². The van der Waals surface area contributed by atoms with E-state index in [2.05, 4.69) is 30.6 Å². The van der Waals surface area contributed by atoms with Crippen LogP contribution in [0.1, 0.15) is 43.3 Å². The van der Waals surface area contributed by atoms with Gasteiger partial charge in [-0.3, -0.25) is 9.80 Å². The lowest BCUT2D eigenvalue weighted by molar-refractivity contribution is 0.0537. The Morgan fingerprint density at radius 1 is 1.15 bits per heavy atom. The van der Waals surface area contributed by atoms with Gasteiger partial charge in [-0.25, -0.2) is 9.07 Å². The molecule has 0 spiro atoms. The molecule has 7 heteroatoms. The molecule has 1 aromatic heterocycles. The summed E-state index contributed by atoms with van der Waals surface area (Å²) in [4.78, 5) is 4.65. The smallest absolute Gasteiger partial charge is 0.144 e. The van der Waals surface area contributed by atoms with Crippen molar-refractivity contribution in [1.82, 2.24) is 19.6 Å². The maximum absolute atomic E-state index is 13.4.